The second kappa shape index (κ2) is 7.02. The van der Waals surface area contributed by atoms with Crippen molar-refractivity contribution in [1.82, 2.24) is 0 Å². The Labute approximate surface area is 155 Å². The maximum absolute atomic E-state index is 12.3. The Kier molecular flexibility index (Phi) is 4.42. The number of methoxy groups -OCH3 is 1. The second-order valence-electron chi connectivity index (χ2n) is 5.79. The SMILES string of the molecule is COc1ccc(C(=O)Oc2ccc3cc(-c4ccccc4)sc3c2)cc1. The van der Waals surface area contributed by atoms with Crippen LogP contribution in [0.2, 0.25) is 0 Å². The normalized spacial score (nSPS) is 10.7. The van der Waals surface area contributed by atoms with E-state index >= 15 is 0 Å². The fraction of sp³-hybridized carbons (Fsp3) is 0.0455. The lowest BCUT2D eigenvalue weighted by molar-refractivity contribution is 0.0735. The van der Waals surface area contributed by atoms with Crippen molar-refractivity contribution < 1.29 is 14.3 Å². The van der Waals surface area contributed by atoms with E-state index in [1.54, 1.807) is 42.7 Å². The van der Waals surface area contributed by atoms with E-state index in [0.29, 0.717) is 17.1 Å². The zero-order chi connectivity index (χ0) is 17.9. The van der Waals surface area contributed by atoms with E-state index in [4.69, 9.17) is 9.47 Å². The molecule has 0 aliphatic heterocycles. The van der Waals surface area contributed by atoms with Gasteiger partial charge in [-0.3, -0.25) is 0 Å². The summed E-state index contributed by atoms with van der Waals surface area (Å²) in [4.78, 5) is 13.5. The van der Waals surface area contributed by atoms with Gasteiger partial charge in [-0.1, -0.05) is 30.3 Å². The Morgan fingerprint density at radius 3 is 2.31 bits per heavy atom. The van der Waals surface area contributed by atoms with Crippen LogP contribution in [0.1, 0.15) is 10.4 Å². The number of esters is 1. The highest BCUT2D eigenvalue weighted by Crippen LogP contribution is 2.35. The molecule has 0 saturated heterocycles. The number of carbonyl (C=O) groups is 1. The lowest BCUT2D eigenvalue weighted by Gasteiger charge is -2.05. The van der Waals surface area contributed by atoms with Gasteiger partial charge in [-0.15, -0.1) is 11.3 Å². The number of fused-ring (bicyclic) bond motifs is 1. The Morgan fingerprint density at radius 1 is 0.846 bits per heavy atom. The number of hydrogen-bond donors (Lipinski definition) is 0. The van der Waals surface area contributed by atoms with Gasteiger partial charge in [0, 0.05) is 9.58 Å². The van der Waals surface area contributed by atoms with Crippen LogP contribution in [0.15, 0.2) is 78.9 Å². The van der Waals surface area contributed by atoms with Crippen molar-refractivity contribution in [2.75, 3.05) is 7.11 Å². The van der Waals surface area contributed by atoms with E-state index in [-0.39, 0.29) is 5.97 Å². The predicted octanol–water partition coefficient (Wildman–Crippen LogP) is 5.80. The van der Waals surface area contributed by atoms with Crippen LogP contribution in [0.3, 0.4) is 0 Å². The predicted molar refractivity (Wildman–Crippen MR) is 105 cm³/mol. The Morgan fingerprint density at radius 2 is 1.58 bits per heavy atom. The van der Waals surface area contributed by atoms with Gasteiger partial charge < -0.3 is 9.47 Å². The third-order valence-electron chi connectivity index (χ3n) is 4.09. The molecule has 1 heterocycles. The third kappa shape index (κ3) is 3.32. The van der Waals surface area contributed by atoms with Gasteiger partial charge in [-0.25, -0.2) is 4.79 Å². The molecule has 0 atom stereocenters. The van der Waals surface area contributed by atoms with E-state index in [2.05, 4.69) is 18.2 Å². The molecule has 0 radical (unpaired) electrons. The molecule has 128 valence electrons. The van der Waals surface area contributed by atoms with Crippen molar-refractivity contribution in [2.45, 2.75) is 0 Å². The van der Waals surface area contributed by atoms with Crippen molar-refractivity contribution in [2.24, 2.45) is 0 Å². The zero-order valence-electron chi connectivity index (χ0n) is 14.1. The Hall–Kier alpha value is -3.11. The Bertz CT molecular complexity index is 1050. The molecule has 0 amide bonds. The van der Waals surface area contributed by atoms with Gasteiger partial charge in [-0.05, 0) is 59.5 Å². The Balaban J connectivity index is 1.58. The lowest BCUT2D eigenvalue weighted by Crippen LogP contribution is -2.08. The molecule has 3 aromatic carbocycles. The minimum Gasteiger partial charge on any atom is -0.497 e. The van der Waals surface area contributed by atoms with Crippen LogP contribution < -0.4 is 9.47 Å². The number of hydrogen-bond acceptors (Lipinski definition) is 4. The van der Waals surface area contributed by atoms with Crippen LogP contribution in [0, 0.1) is 0 Å². The number of rotatable bonds is 4. The number of thiophene rings is 1. The summed E-state index contributed by atoms with van der Waals surface area (Å²) < 4.78 is 11.7. The summed E-state index contributed by atoms with van der Waals surface area (Å²) >= 11 is 1.68. The summed E-state index contributed by atoms with van der Waals surface area (Å²) in [5.41, 5.74) is 1.67. The molecule has 0 saturated carbocycles. The van der Waals surface area contributed by atoms with Crippen molar-refractivity contribution in [3.63, 3.8) is 0 Å². The number of benzene rings is 3. The molecule has 4 aromatic rings. The van der Waals surface area contributed by atoms with Crippen LogP contribution in [-0.4, -0.2) is 13.1 Å². The van der Waals surface area contributed by atoms with Gasteiger partial charge in [0.15, 0.2) is 0 Å². The fourth-order valence-electron chi connectivity index (χ4n) is 2.71. The highest BCUT2D eigenvalue weighted by Gasteiger charge is 2.11. The molecule has 0 aliphatic carbocycles. The van der Waals surface area contributed by atoms with Gasteiger partial charge in [0.1, 0.15) is 11.5 Å². The van der Waals surface area contributed by atoms with Crippen molar-refractivity contribution in [3.05, 3.63) is 84.4 Å². The first kappa shape index (κ1) is 16.4. The molecule has 0 aliphatic rings. The molecular formula is C22H16O3S. The van der Waals surface area contributed by atoms with E-state index in [0.717, 1.165) is 10.1 Å². The topological polar surface area (TPSA) is 35.5 Å². The largest absolute Gasteiger partial charge is 0.497 e. The number of carbonyl (C=O) groups excluding carboxylic acids is 1. The van der Waals surface area contributed by atoms with Gasteiger partial charge in [-0.2, -0.15) is 0 Å². The van der Waals surface area contributed by atoms with Crippen LogP contribution in [0.4, 0.5) is 0 Å². The minimum atomic E-state index is -0.383. The molecule has 0 unspecified atom stereocenters. The maximum atomic E-state index is 12.3. The first-order chi connectivity index (χ1) is 12.7. The van der Waals surface area contributed by atoms with Crippen LogP contribution in [-0.2, 0) is 0 Å². The highest BCUT2D eigenvalue weighted by molar-refractivity contribution is 7.22. The second-order valence-corrected chi connectivity index (χ2v) is 6.88. The van der Waals surface area contributed by atoms with E-state index < -0.39 is 0 Å². The van der Waals surface area contributed by atoms with E-state index in [9.17, 15) is 4.79 Å². The summed E-state index contributed by atoms with van der Waals surface area (Å²) in [6, 6.07) is 25.0. The molecule has 0 bridgehead atoms. The van der Waals surface area contributed by atoms with Crippen LogP contribution in [0.25, 0.3) is 20.5 Å². The lowest BCUT2D eigenvalue weighted by atomic mass is 10.1. The van der Waals surface area contributed by atoms with Crippen molar-refractivity contribution >= 4 is 27.4 Å². The molecule has 0 spiro atoms. The highest BCUT2D eigenvalue weighted by atomic mass is 32.1. The van der Waals surface area contributed by atoms with Crippen LogP contribution >= 0.6 is 11.3 Å². The van der Waals surface area contributed by atoms with Crippen LogP contribution in [0.5, 0.6) is 11.5 Å². The zero-order valence-corrected chi connectivity index (χ0v) is 15.0. The molecule has 0 fully saturated rings. The average Bonchev–Trinajstić information content (AvgIpc) is 3.12. The summed E-state index contributed by atoms with van der Waals surface area (Å²) in [7, 11) is 1.59. The number of ether oxygens (including phenoxy) is 2. The van der Waals surface area contributed by atoms with Gasteiger partial charge in [0.25, 0.3) is 0 Å². The van der Waals surface area contributed by atoms with E-state index in [1.807, 2.05) is 36.4 Å². The molecule has 4 heteroatoms. The van der Waals surface area contributed by atoms with E-state index in [1.165, 1.54) is 10.4 Å². The molecule has 0 N–H and O–H groups in total. The minimum absolute atomic E-state index is 0.383. The quantitative estimate of drug-likeness (QED) is 0.341. The summed E-state index contributed by atoms with van der Waals surface area (Å²) in [6.07, 6.45) is 0. The smallest absolute Gasteiger partial charge is 0.343 e. The first-order valence-corrected chi connectivity index (χ1v) is 9.00. The summed E-state index contributed by atoms with van der Waals surface area (Å²) in [5, 5.41) is 1.14. The third-order valence-corrected chi connectivity index (χ3v) is 5.23. The fourth-order valence-corrected chi connectivity index (χ4v) is 3.81. The molecule has 1 aromatic heterocycles. The summed E-state index contributed by atoms with van der Waals surface area (Å²) in [5.74, 6) is 0.863. The average molecular weight is 360 g/mol. The first-order valence-electron chi connectivity index (χ1n) is 8.18. The standard InChI is InChI=1S/C22H16O3S/c1-24-18-10-7-16(8-11-18)22(23)25-19-12-9-17-13-20(26-21(17)14-19)15-5-3-2-4-6-15/h2-14H,1H3. The molecule has 26 heavy (non-hydrogen) atoms. The van der Waals surface area contributed by atoms with Crippen molar-refractivity contribution in [1.29, 1.82) is 0 Å². The van der Waals surface area contributed by atoms with Gasteiger partial charge >= 0.3 is 5.97 Å². The molecule has 4 rings (SSSR count). The van der Waals surface area contributed by atoms with Crippen molar-refractivity contribution in [3.8, 4) is 21.9 Å². The molecule has 3 nitrogen and oxygen atoms in total. The monoisotopic (exact) mass is 360 g/mol. The molecular weight excluding hydrogens is 344 g/mol. The summed E-state index contributed by atoms with van der Waals surface area (Å²) in [6.45, 7) is 0. The van der Waals surface area contributed by atoms with Gasteiger partial charge in [0.2, 0.25) is 0 Å². The van der Waals surface area contributed by atoms with Gasteiger partial charge in [0.05, 0.1) is 12.7 Å². The maximum Gasteiger partial charge on any atom is 0.343 e.